The van der Waals surface area contributed by atoms with E-state index in [4.69, 9.17) is 21.1 Å². The fourth-order valence-corrected chi connectivity index (χ4v) is 1.49. The molecule has 4 nitrogen and oxygen atoms in total. The van der Waals surface area contributed by atoms with Crippen molar-refractivity contribution >= 4 is 23.5 Å². The number of esters is 2. The topological polar surface area (TPSA) is 52.6 Å². The third-order valence-electron chi connectivity index (χ3n) is 2.47. The van der Waals surface area contributed by atoms with E-state index in [1.165, 1.54) is 0 Å². The molecule has 0 aliphatic carbocycles. The predicted octanol–water partition coefficient (Wildman–Crippen LogP) is 3.45. The fraction of sp³-hybridized carbons (Fsp3) is 0.333. The SMILES string of the molecule is C/C=C/COC(=O)CCC(=O)Oc1ccc(Cl)c(C)c1. The molecule has 0 amide bonds. The first kappa shape index (κ1) is 16.2. The second kappa shape index (κ2) is 8.38. The van der Waals surface area contributed by atoms with E-state index in [9.17, 15) is 9.59 Å². The van der Waals surface area contributed by atoms with Crippen molar-refractivity contribution in [1.29, 1.82) is 0 Å². The van der Waals surface area contributed by atoms with Gasteiger partial charge < -0.3 is 9.47 Å². The highest BCUT2D eigenvalue weighted by molar-refractivity contribution is 6.31. The van der Waals surface area contributed by atoms with Gasteiger partial charge in [-0.05, 0) is 37.6 Å². The first-order chi connectivity index (χ1) is 9.52. The molecular weight excluding hydrogens is 280 g/mol. The number of aryl methyl sites for hydroxylation is 1. The highest BCUT2D eigenvalue weighted by Gasteiger charge is 2.10. The van der Waals surface area contributed by atoms with Crippen molar-refractivity contribution < 1.29 is 19.1 Å². The van der Waals surface area contributed by atoms with Crippen molar-refractivity contribution in [3.8, 4) is 5.75 Å². The van der Waals surface area contributed by atoms with Crippen LogP contribution in [0.3, 0.4) is 0 Å². The predicted molar refractivity (Wildman–Crippen MR) is 76.8 cm³/mol. The van der Waals surface area contributed by atoms with Crippen LogP contribution in [0.15, 0.2) is 30.4 Å². The Morgan fingerprint density at radius 1 is 1.25 bits per heavy atom. The molecular formula is C15H17ClO4. The molecule has 0 atom stereocenters. The quantitative estimate of drug-likeness (QED) is 0.458. The Morgan fingerprint density at radius 2 is 1.95 bits per heavy atom. The molecule has 0 heterocycles. The first-order valence-corrected chi connectivity index (χ1v) is 6.64. The minimum Gasteiger partial charge on any atom is -0.461 e. The van der Waals surface area contributed by atoms with Gasteiger partial charge in [0.25, 0.3) is 0 Å². The molecule has 0 unspecified atom stereocenters. The van der Waals surface area contributed by atoms with E-state index in [0.717, 1.165) is 5.56 Å². The number of halogens is 1. The Hall–Kier alpha value is -1.81. The van der Waals surface area contributed by atoms with E-state index < -0.39 is 11.9 Å². The van der Waals surface area contributed by atoms with Gasteiger partial charge in [-0.3, -0.25) is 9.59 Å². The molecule has 0 aromatic heterocycles. The minimum absolute atomic E-state index is 0.00294. The van der Waals surface area contributed by atoms with Crippen molar-refractivity contribution in [2.75, 3.05) is 6.61 Å². The summed E-state index contributed by atoms with van der Waals surface area (Å²) in [7, 11) is 0. The van der Waals surface area contributed by atoms with Crippen molar-refractivity contribution in [3.63, 3.8) is 0 Å². The van der Waals surface area contributed by atoms with Crippen molar-refractivity contribution in [1.82, 2.24) is 0 Å². The zero-order valence-corrected chi connectivity index (χ0v) is 12.3. The van der Waals surface area contributed by atoms with Gasteiger partial charge in [-0.25, -0.2) is 0 Å². The van der Waals surface area contributed by atoms with Crippen molar-refractivity contribution in [2.24, 2.45) is 0 Å². The van der Waals surface area contributed by atoms with Gasteiger partial charge in [0.05, 0.1) is 12.8 Å². The lowest BCUT2D eigenvalue weighted by Gasteiger charge is -2.06. The zero-order chi connectivity index (χ0) is 15.0. The monoisotopic (exact) mass is 296 g/mol. The van der Waals surface area contributed by atoms with E-state index in [-0.39, 0.29) is 19.4 Å². The lowest BCUT2D eigenvalue weighted by atomic mass is 10.2. The van der Waals surface area contributed by atoms with E-state index in [1.54, 1.807) is 30.4 Å². The summed E-state index contributed by atoms with van der Waals surface area (Å²) in [5, 5.41) is 0.609. The van der Waals surface area contributed by atoms with E-state index >= 15 is 0 Å². The molecule has 0 radical (unpaired) electrons. The molecule has 5 heteroatoms. The number of allylic oxidation sites excluding steroid dienone is 1. The summed E-state index contributed by atoms with van der Waals surface area (Å²) in [6, 6.07) is 4.94. The average molecular weight is 297 g/mol. The van der Waals surface area contributed by atoms with Gasteiger partial charge in [0.1, 0.15) is 12.4 Å². The number of carbonyl (C=O) groups excluding carboxylic acids is 2. The van der Waals surface area contributed by atoms with Crippen LogP contribution in [0.25, 0.3) is 0 Å². The van der Waals surface area contributed by atoms with E-state index in [1.807, 2.05) is 13.8 Å². The largest absolute Gasteiger partial charge is 0.461 e. The number of hydrogen-bond donors (Lipinski definition) is 0. The van der Waals surface area contributed by atoms with Crippen LogP contribution < -0.4 is 4.74 Å². The van der Waals surface area contributed by atoms with E-state index in [0.29, 0.717) is 10.8 Å². The second-order valence-electron chi connectivity index (χ2n) is 4.14. The van der Waals surface area contributed by atoms with Crippen LogP contribution >= 0.6 is 11.6 Å². The summed E-state index contributed by atoms with van der Waals surface area (Å²) in [5.41, 5.74) is 0.822. The van der Waals surface area contributed by atoms with Crippen LogP contribution in [0.2, 0.25) is 5.02 Å². The Bertz CT molecular complexity index is 509. The third kappa shape index (κ3) is 5.89. The molecule has 0 N–H and O–H groups in total. The molecule has 0 saturated carbocycles. The van der Waals surface area contributed by atoms with Crippen LogP contribution in [0.5, 0.6) is 5.75 Å². The standard InChI is InChI=1S/C15H17ClO4/c1-3-4-9-19-14(17)7-8-15(18)20-12-5-6-13(16)11(2)10-12/h3-6,10H,7-9H2,1-2H3/b4-3+. The highest BCUT2D eigenvalue weighted by Crippen LogP contribution is 2.21. The van der Waals surface area contributed by atoms with Gasteiger partial charge in [0, 0.05) is 5.02 Å². The third-order valence-corrected chi connectivity index (χ3v) is 2.89. The Labute approximate surface area is 123 Å². The van der Waals surface area contributed by atoms with Crippen molar-refractivity contribution in [3.05, 3.63) is 40.9 Å². The van der Waals surface area contributed by atoms with E-state index in [2.05, 4.69) is 0 Å². The molecule has 108 valence electrons. The van der Waals surface area contributed by atoms with Gasteiger partial charge in [-0.2, -0.15) is 0 Å². The molecule has 0 aliphatic rings. The summed E-state index contributed by atoms with van der Waals surface area (Å²) in [6.45, 7) is 3.87. The molecule has 1 aromatic rings. The lowest BCUT2D eigenvalue weighted by Crippen LogP contribution is -2.12. The molecule has 0 saturated heterocycles. The number of hydrogen-bond acceptors (Lipinski definition) is 4. The highest BCUT2D eigenvalue weighted by atomic mass is 35.5. The van der Waals surface area contributed by atoms with Crippen molar-refractivity contribution in [2.45, 2.75) is 26.7 Å². The number of benzene rings is 1. The van der Waals surface area contributed by atoms with Gasteiger partial charge in [0.15, 0.2) is 0 Å². The zero-order valence-electron chi connectivity index (χ0n) is 11.5. The number of rotatable bonds is 6. The smallest absolute Gasteiger partial charge is 0.311 e. The molecule has 0 aliphatic heterocycles. The maximum Gasteiger partial charge on any atom is 0.311 e. The lowest BCUT2D eigenvalue weighted by molar-refractivity contribution is -0.145. The van der Waals surface area contributed by atoms with Gasteiger partial charge in [-0.1, -0.05) is 23.8 Å². The number of carbonyl (C=O) groups is 2. The van der Waals surface area contributed by atoms with Crippen LogP contribution in [0.1, 0.15) is 25.3 Å². The molecule has 1 aromatic carbocycles. The van der Waals surface area contributed by atoms with Gasteiger partial charge >= 0.3 is 11.9 Å². The summed E-state index contributed by atoms with van der Waals surface area (Å²) in [5.74, 6) is -0.485. The van der Waals surface area contributed by atoms with Crippen LogP contribution in [-0.4, -0.2) is 18.5 Å². The fourth-order valence-electron chi connectivity index (χ4n) is 1.38. The summed E-state index contributed by atoms with van der Waals surface area (Å²) in [4.78, 5) is 22.9. The molecule has 0 spiro atoms. The molecule has 20 heavy (non-hydrogen) atoms. The molecule has 0 bridgehead atoms. The maximum absolute atomic E-state index is 11.6. The first-order valence-electron chi connectivity index (χ1n) is 6.26. The molecule has 1 rings (SSSR count). The van der Waals surface area contributed by atoms with Crippen LogP contribution in [0.4, 0.5) is 0 Å². The van der Waals surface area contributed by atoms with Gasteiger partial charge in [-0.15, -0.1) is 0 Å². The maximum atomic E-state index is 11.6. The average Bonchev–Trinajstić information content (AvgIpc) is 2.41. The Balaban J connectivity index is 2.36. The Kier molecular flexibility index (Phi) is 6.81. The van der Waals surface area contributed by atoms with Gasteiger partial charge in [0.2, 0.25) is 0 Å². The normalized spacial score (nSPS) is 10.6. The van der Waals surface area contributed by atoms with Crippen LogP contribution in [0, 0.1) is 6.92 Å². The second-order valence-corrected chi connectivity index (χ2v) is 4.54. The Morgan fingerprint density at radius 3 is 2.60 bits per heavy atom. The minimum atomic E-state index is -0.477. The summed E-state index contributed by atoms with van der Waals surface area (Å²) in [6.07, 6.45) is 3.48. The number of ether oxygens (including phenoxy) is 2. The van der Waals surface area contributed by atoms with Crippen LogP contribution in [-0.2, 0) is 14.3 Å². The summed E-state index contributed by atoms with van der Waals surface area (Å²) >= 11 is 5.87. The molecule has 0 fully saturated rings. The summed E-state index contributed by atoms with van der Waals surface area (Å²) < 4.78 is 9.97.